The maximum absolute atomic E-state index is 7.45. The maximum Gasteiger partial charge on any atom is 0.187 e. The Morgan fingerprint density at radius 3 is 1.37 bits per heavy atom. The van der Waals surface area contributed by atoms with Crippen LogP contribution in [0.1, 0.15) is 175 Å². The fourth-order valence-corrected chi connectivity index (χ4v) is 11.7. The summed E-state index contributed by atoms with van der Waals surface area (Å²) in [4.78, 5) is 0. The van der Waals surface area contributed by atoms with Crippen LogP contribution < -0.4 is 9.47 Å². The quantitative estimate of drug-likeness (QED) is 0.0338. The van der Waals surface area contributed by atoms with Gasteiger partial charge in [-0.2, -0.15) is 0 Å². The van der Waals surface area contributed by atoms with Crippen LogP contribution in [0, 0.1) is 0 Å². The standard InChI is InChI=1S/C77H103N3O10/c1-5-7-9-11-12-13-14-15-16-17-19-33-43-71(84-54-65-44-48-68(81-3)49-45-65)73(85-58-66-46-50-69(82-4)51-47-66)70(80-52-67(78-79-80)42-32-18-10-8-6-2)59-89-77-76(88-57-64-40-30-23-31-41-64)75(87-56-63-38-28-22-29-39-63)74(86-55-62-36-26-21-27-37-62)72(90-77)60-83-53-61-34-24-20-25-35-61/h20-31,34-41,44-52,70-77H,5-19,32-33,42-43,53-60H2,1-4H3/t70-,71+,72?,73-,74-,75-,76+,77-/m0/s1. The molecule has 0 aliphatic carbocycles. The van der Waals surface area contributed by atoms with Gasteiger partial charge in [-0.3, -0.25) is 0 Å². The first-order chi connectivity index (χ1) is 44.5. The fourth-order valence-electron chi connectivity index (χ4n) is 11.7. The van der Waals surface area contributed by atoms with Crippen LogP contribution >= 0.6 is 0 Å². The van der Waals surface area contributed by atoms with Crippen molar-refractivity contribution in [2.24, 2.45) is 0 Å². The zero-order chi connectivity index (χ0) is 62.5. The van der Waals surface area contributed by atoms with Crippen LogP contribution in [0.2, 0.25) is 0 Å². The minimum absolute atomic E-state index is 0.0851. The summed E-state index contributed by atoms with van der Waals surface area (Å²) in [6.07, 6.45) is 19.6. The highest BCUT2D eigenvalue weighted by Crippen LogP contribution is 2.35. The van der Waals surface area contributed by atoms with Crippen molar-refractivity contribution in [3.8, 4) is 11.5 Å². The van der Waals surface area contributed by atoms with Crippen molar-refractivity contribution in [2.75, 3.05) is 27.4 Å². The molecule has 1 aliphatic rings. The molecular weight excluding hydrogens is 1130 g/mol. The Bertz CT molecular complexity index is 2900. The van der Waals surface area contributed by atoms with Crippen molar-refractivity contribution in [1.29, 1.82) is 0 Å². The van der Waals surface area contributed by atoms with E-state index < -0.39 is 49.0 Å². The highest BCUT2D eigenvalue weighted by atomic mass is 16.7. The lowest BCUT2D eigenvalue weighted by Crippen LogP contribution is -2.62. The van der Waals surface area contributed by atoms with Gasteiger partial charge in [0.25, 0.3) is 0 Å². The lowest BCUT2D eigenvalue weighted by Gasteiger charge is -2.46. The summed E-state index contributed by atoms with van der Waals surface area (Å²) in [5.74, 6) is 1.57. The maximum atomic E-state index is 7.45. The van der Waals surface area contributed by atoms with E-state index in [2.05, 4.69) is 92.8 Å². The summed E-state index contributed by atoms with van der Waals surface area (Å²) >= 11 is 0. The van der Waals surface area contributed by atoms with Crippen molar-refractivity contribution in [1.82, 2.24) is 15.0 Å². The molecule has 0 amide bonds. The molecule has 486 valence electrons. The van der Waals surface area contributed by atoms with Crippen LogP contribution in [-0.4, -0.2) is 85.3 Å². The average Bonchev–Trinajstić information content (AvgIpc) is 1.25. The van der Waals surface area contributed by atoms with Gasteiger partial charge >= 0.3 is 0 Å². The van der Waals surface area contributed by atoms with Gasteiger partial charge in [0.05, 0.1) is 78.9 Å². The Hall–Kier alpha value is -6.26. The molecule has 6 aromatic carbocycles. The SMILES string of the molecule is CCCCCCCCCCCCCC[C@@H](OCc1ccc(OC)cc1)[C@@H](OCc1ccc(OC)cc1)[C@H](CO[C@H]1OC(COCc2ccccc2)[C@H](OCc2ccccc2)[C@H](OCc2ccccc2)[C@H]1OCc1ccccc1)n1cc(CCCCCCC)nn1. The molecule has 13 heteroatoms. The first-order valence-electron chi connectivity index (χ1n) is 33.7. The van der Waals surface area contributed by atoms with Crippen LogP contribution in [-0.2, 0) is 84.0 Å². The van der Waals surface area contributed by atoms with E-state index in [1.807, 2.05) is 102 Å². The monoisotopic (exact) mass is 1230 g/mol. The Morgan fingerprint density at radius 1 is 0.433 bits per heavy atom. The summed E-state index contributed by atoms with van der Waals surface area (Å²) < 4.78 is 70.6. The van der Waals surface area contributed by atoms with Crippen LogP contribution in [0.25, 0.3) is 0 Å². The topological polar surface area (TPSA) is 123 Å². The first-order valence-corrected chi connectivity index (χ1v) is 33.7. The van der Waals surface area contributed by atoms with Crippen LogP contribution in [0.15, 0.2) is 176 Å². The van der Waals surface area contributed by atoms with Gasteiger partial charge in [0.15, 0.2) is 6.29 Å². The number of rotatable bonds is 46. The van der Waals surface area contributed by atoms with Crippen molar-refractivity contribution < 1.29 is 47.4 Å². The average molecular weight is 1230 g/mol. The lowest BCUT2D eigenvalue weighted by molar-refractivity contribution is -0.331. The lowest BCUT2D eigenvalue weighted by atomic mass is 9.97. The second-order valence-electron chi connectivity index (χ2n) is 24.1. The smallest absolute Gasteiger partial charge is 0.187 e. The van der Waals surface area contributed by atoms with E-state index in [1.165, 1.54) is 83.5 Å². The van der Waals surface area contributed by atoms with Crippen molar-refractivity contribution in [2.45, 2.75) is 224 Å². The summed E-state index contributed by atoms with van der Waals surface area (Å²) in [6, 6.07) is 56.5. The molecule has 2 heterocycles. The zero-order valence-electron chi connectivity index (χ0n) is 54.4. The van der Waals surface area contributed by atoms with Gasteiger partial charge in [0.1, 0.15) is 48.1 Å². The van der Waals surface area contributed by atoms with Crippen molar-refractivity contribution >= 4 is 0 Å². The van der Waals surface area contributed by atoms with Gasteiger partial charge in [-0.25, -0.2) is 4.68 Å². The van der Waals surface area contributed by atoms with E-state index in [0.29, 0.717) is 33.0 Å². The number of aromatic nitrogens is 3. The molecule has 1 unspecified atom stereocenters. The number of hydrogen-bond acceptors (Lipinski definition) is 12. The van der Waals surface area contributed by atoms with E-state index in [0.717, 1.165) is 89.1 Å². The van der Waals surface area contributed by atoms with Crippen LogP contribution in [0.4, 0.5) is 0 Å². The number of hydrogen-bond donors (Lipinski definition) is 0. The highest BCUT2D eigenvalue weighted by molar-refractivity contribution is 5.28. The normalized spacial score (nSPS) is 17.7. The summed E-state index contributed by atoms with van der Waals surface area (Å²) in [5, 5.41) is 9.86. The van der Waals surface area contributed by atoms with Crippen molar-refractivity contribution in [3.05, 3.63) is 215 Å². The third kappa shape index (κ3) is 24.4. The molecular formula is C77H103N3O10. The second kappa shape index (κ2) is 41.3. The number of ether oxygens (including phenoxy) is 10. The molecule has 8 atom stereocenters. The Morgan fingerprint density at radius 2 is 0.867 bits per heavy atom. The van der Waals surface area contributed by atoms with E-state index >= 15 is 0 Å². The molecule has 0 saturated carbocycles. The number of benzene rings is 6. The molecule has 1 aromatic heterocycles. The first kappa shape index (κ1) is 69.6. The molecule has 1 fully saturated rings. The molecule has 0 radical (unpaired) electrons. The molecule has 7 aromatic rings. The number of unbranched alkanes of at least 4 members (excludes halogenated alkanes) is 15. The molecule has 0 N–H and O–H groups in total. The number of aryl methyl sites for hydroxylation is 1. The Kier molecular flexibility index (Phi) is 31.9. The third-order valence-corrected chi connectivity index (χ3v) is 17.0. The predicted molar refractivity (Wildman–Crippen MR) is 356 cm³/mol. The Balaban J connectivity index is 1.16. The third-order valence-electron chi connectivity index (χ3n) is 17.0. The summed E-state index contributed by atoms with van der Waals surface area (Å²) in [6.45, 7) is 6.71. The largest absolute Gasteiger partial charge is 0.497 e. The van der Waals surface area contributed by atoms with Crippen molar-refractivity contribution in [3.63, 3.8) is 0 Å². The van der Waals surface area contributed by atoms with E-state index in [4.69, 9.17) is 57.7 Å². The minimum Gasteiger partial charge on any atom is -0.497 e. The van der Waals surface area contributed by atoms with E-state index in [9.17, 15) is 0 Å². The van der Waals surface area contributed by atoms with E-state index in [1.54, 1.807) is 14.2 Å². The molecule has 8 rings (SSSR count). The molecule has 1 saturated heterocycles. The Labute approximate surface area is 538 Å². The predicted octanol–water partition coefficient (Wildman–Crippen LogP) is 17.3. The minimum atomic E-state index is -0.988. The summed E-state index contributed by atoms with van der Waals surface area (Å²) in [7, 11) is 3.38. The van der Waals surface area contributed by atoms with Gasteiger partial charge in [-0.15, -0.1) is 5.10 Å². The van der Waals surface area contributed by atoms with Gasteiger partial charge in [0, 0.05) is 6.20 Å². The second-order valence-corrected chi connectivity index (χ2v) is 24.1. The summed E-state index contributed by atoms with van der Waals surface area (Å²) in [5.41, 5.74) is 7.03. The molecule has 0 spiro atoms. The van der Waals surface area contributed by atoms with Gasteiger partial charge < -0.3 is 47.4 Å². The molecule has 90 heavy (non-hydrogen) atoms. The van der Waals surface area contributed by atoms with Gasteiger partial charge in [-0.05, 0) is 76.9 Å². The number of methoxy groups -OCH3 is 2. The fraction of sp³-hybridized carbons (Fsp3) is 0.506. The zero-order valence-corrected chi connectivity index (χ0v) is 54.4. The van der Waals surface area contributed by atoms with Gasteiger partial charge in [-0.1, -0.05) is 267 Å². The van der Waals surface area contributed by atoms with Crippen LogP contribution in [0.5, 0.6) is 11.5 Å². The number of nitrogens with zero attached hydrogens (tertiary/aromatic N) is 3. The highest BCUT2D eigenvalue weighted by Gasteiger charge is 2.50. The molecule has 0 bridgehead atoms. The van der Waals surface area contributed by atoms with Gasteiger partial charge in [0.2, 0.25) is 0 Å². The molecule has 13 nitrogen and oxygen atoms in total. The van der Waals surface area contributed by atoms with E-state index in [-0.39, 0.29) is 19.8 Å². The molecule has 1 aliphatic heterocycles. The van der Waals surface area contributed by atoms with Crippen LogP contribution in [0.3, 0.4) is 0 Å².